The Hall–Kier alpha value is -2.95. The highest BCUT2D eigenvalue weighted by atomic mass is 32.1. The van der Waals surface area contributed by atoms with Crippen LogP contribution in [0.2, 0.25) is 0 Å². The highest BCUT2D eigenvalue weighted by molar-refractivity contribution is 7.15. The fourth-order valence-electron chi connectivity index (χ4n) is 4.99. The Morgan fingerprint density at radius 3 is 2.77 bits per heavy atom. The van der Waals surface area contributed by atoms with Gasteiger partial charge in [-0.2, -0.15) is 5.10 Å². The van der Waals surface area contributed by atoms with E-state index < -0.39 is 0 Å². The Morgan fingerprint density at radius 2 is 1.89 bits per heavy atom. The molecule has 5 heterocycles. The van der Waals surface area contributed by atoms with Gasteiger partial charge in [0.15, 0.2) is 0 Å². The SMILES string of the molecule is c1nc2ccc(Nc3nnc(C4CCCC4)s3)nc2cc1-c1cnn(CCCN2CCNCC2)c1. The number of hydrogen-bond donors (Lipinski definition) is 2. The van der Waals surface area contributed by atoms with Crippen LogP contribution in [-0.4, -0.2) is 67.6 Å². The Labute approximate surface area is 209 Å². The van der Waals surface area contributed by atoms with Crippen molar-refractivity contribution in [2.75, 3.05) is 38.0 Å². The standard InChI is InChI=1S/C25H31N9S/c1-2-5-18(4-1)24-31-32-25(35-24)30-23-7-6-21-22(29-23)14-19(15-27-21)20-16-28-34(17-20)11-3-10-33-12-8-26-9-13-33/h6-7,14-18,26H,1-5,8-13H2,(H,29,30,32). The summed E-state index contributed by atoms with van der Waals surface area (Å²) in [4.78, 5) is 11.9. The molecule has 2 N–H and O–H groups in total. The largest absolute Gasteiger partial charge is 0.315 e. The van der Waals surface area contributed by atoms with Crippen molar-refractivity contribution in [3.05, 3.63) is 41.8 Å². The summed E-state index contributed by atoms with van der Waals surface area (Å²) in [5.41, 5.74) is 3.80. The van der Waals surface area contributed by atoms with Crippen LogP contribution in [0.5, 0.6) is 0 Å². The van der Waals surface area contributed by atoms with Gasteiger partial charge in [0.1, 0.15) is 10.8 Å². The zero-order chi connectivity index (χ0) is 23.5. The lowest BCUT2D eigenvalue weighted by molar-refractivity contribution is 0.233. The second kappa shape index (κ2) is 10.3. The molecule has 4 aromatic rings. The van der Waals surface area contributed by atoms with Crippen LogP contribution in [0.15, 0.2) is 36.8 Å². The quantitative estimate of drug-likeness (QED) is 0.383. The molecule has 0 unspecified atom stereocenters. The molecule has 1 aliphatic heterocycles. The zero-order valence-corrected chi connectivity index (χ0v) is 20.7. The third-order valence-electron chi connectivity index (χ3n) is 6.96. The van der Waals surface area contributed by atoms with E-state index in [4.69, 9.17) is 4.98 Å². The highest BCUT2D eigenvalue weighted by Crippen LogP contribution is 2.37. The second-order valence-corrected chi connectivity index (χ2v) is 10.5. The monoisotopic (exact) mass is 489 g/mol. The molecule has 0 amide bonds. The number of aryl methyl sites for hydroxylation is 1. The molecule has 4 aromatic heterocycles. The van der Waals surface area contributed by atoms with Crippen molar-refractivity contribution in [1.82, 2.24) is 40.2 Å². The molecular formula is C25H31N9S. The molecule has 182 valence electrons. The lowest BCUT2D eigenvalue weighted by Gasteiger charge is -2.26. The average Bonchev–Trinajstić information content (AvgIpc) is 3.67. The first-order valence-electron chi connectivity index (χ1n) is 12.6. The topological polar surface area (TPSA) is 96.7 Å². The van der Waals surface area contributed by atoms with Crippen molar-refractivity contribution < 1.29 is 0 Å². The minimum Gasteiger partial charge on any atom is -0.315 e. The van der Waals surface area contributed by atoms with Gasteiger partial charge in [-0.3, -0.25) is 9.67 Å². The molecule has 35 heavy (non-hydrogen) atoms. The number of hydrogen-bond acceptors (Lipinski definition) is 9. The Balaban J connectivity index is 1.12. The Morgan fingerprint density at radius 1 is 1.00 bits per heavy atom. The van der Waals surface area contributed by atoms with Crippen molar-refractivity contribution in [3.8, 4) is 11.1 Å². The lowest BCUT2D eigenvalue weighted by Crippen LogP contribution is -2.43. The highest BCUT2D eigenvalue weighted by Gasteiger charge is 2.21. The minimum atomic E-state index is 0.572. The molecule has 0 radical (unpaired) electrons. The van der Waals surface area contributed by atoms with E-state index in [0.29, 0.717) is 5.92 Å². The number of rotatable bonds is 8. The minimum absolute atomic E-state index is 0.572. The van der Waals surface area contributed by atoms with E-state index >= 15 is 0 Å². The molecule has 1 saturated carbocycles. The molecule has 10 heteroatoms. The summed E-state index contributed by atoms with van der Waals surface area (Å²) >= 11 is 1.64. The van der Waals surface area contributed by atoms with Crippen molar-refractivity contribution >= 4 is 33.3 Å². The zero-order valence-electron chi connectivity index (χ0n) is 19.9. The van der Waals surface area contributed by atoms with Crippen molar-refractivity contribution in [3.63, 3.8) is 0 Å². The Bertz CT molecular complexity index is 1270. The molecule has 0 aromatic carbocycles. The van der Waals surface area contributed by atoms with Crippen molar-refractivity contribution in [2.24, 2.45) is 0 Å². The van der Waals surface area contributed by atoms with Crippen molar-refractivity contribution in [1.29, 1.82) is 0 Å². The molecule has 1 saturated heterocycles. The maximum atomic E-state index is 4.80. The summed E-state index contributed by atoms with van der Waals surface area (Å²) < 4.78 is 2.03. The van der Waals surface area contributed by atoms with Crippen molar-refractivity contribution in [2.45, 2.75) is 44.6 Å². The number of aromatic nitrogens is 6. The van der Waals surface area contributed by atoms with Gasteiger partial charge in [0.2, 0.25) is 5.13 Å². The van der Waals surface area contributed by atoms with E-state index in [1.54, 1.807) is 11.3 Å². The average molecular weight is 490 g/mol. The first kappa shape index (κ1) is 22.5. The third kappa shape index (κ3) is 5.34. The smallest absolute Gasteiger partial charge is 0.211 e. The fourth-order valence-corrected chi connectivity index (χ4v) is 5.91. The van der Waals surface area contributed by atoms with E-state index in [1.807, 2.05) is 29.2 Å². The summed E-state index contributed by atoms with van der Waals surface area (Å²) in [6, 6.07) is 6.02. The molecule has 1 aliphatic carbocycles. The van der Waals surface area contributed by atoms with Crippen LogP contribution in [0.25, 0.3) is 22.2 Å². The first-order valence-corrected chi connectivity index (χ1v) is 13.4. The number of nitrogens with zero attached hydrogens (tertiary/aromatic N) is 7. The van der Waals surface area contributed by atoms with E-state index in [-0.39, 0.29) is 0 Å². The molecule has 6 rings (SSSR count). The molecular weight excluding hydrogens is 458 g/mol. The molecule has 2 aliphatic rings. The van der Waals surface area contributed by atoms with Gasteiger partial charge in [0.25, 0.3) is 0 Å². The van der Waals surface area contributed by atoms with Crippen LogP contribution in [0.1, 0.15) is 43.0 Å². The molecule has 0 bridgehead atoms. The van der Waals surface area contributed by atoms with E-state index in [0.717, 1.165) is 83.8 Å². The van der Waals surface area contributed by atoms with E-state index in [2.05, 4.69) is 48.1 Å². The molecule has 0 atom stereocenters. The third-order valence-corrected chi connectivity index (χ3v) is 7.96. The fraction of sp³-hybridized carbons (Fsp3) is 0.480. The van der Waals surface area contributed by atoms with Gasteiger partial charge in [-0.15, -0.1) is 10.2 Å². The van der Waals surface area contributed by atoms with Crippen LogP contribution < -0.4 is 10.6 Å². The van der Waals surface area contributed by atoms with E-state index in [9.17, 15) is 0 Å². The van der Waals surface area contributed by atoms with E-state index in [1.165, 1.54) is 25.7 Å². The van der Waals surface area contributed by atoms with Gasteiger partial charge in [-0.25, -0.2) is 4.98 Å². The number of pyridine rings is 2. The Kier molecular flexibility index (Phi) is 6.66. The van der Waals surface area contributed by atoms with Crippen LogP contribution >= 0.6 is 11.3 Å². The number of piperazine rings is 1. The summed E-state index contributed by atoms with van der Waals surface area (Å²) in [5, 5.41) is 22.0. The maximum absolute atomic E-state index is 4.80. The van der Waals surface area contributed by atoms with Gasteiger partial charge >= 0.3 is 0 Å². The number of anilines is 2. The van der Waals surface area contributed by atoms with Gasteiger partial charge in [-0.1, -0.05) is 24.2 Å². The van der Waals surface area contributed by atoms with Crippen LogP contribution in [-0.2, 0) is 6.54 Å². The van der Waals surface area contributed by atoms with Gasteiger partial charge in [0.05, 0.1) is 17.2 Å². The second-order valence-electron chi connectivity index (χ2n) is 9.45. The first-order chi connectivity index (χ1) is 17.3. The van der Waals surface area contributed by atoms with Gasteiger partial charge < -0.3 is 15.5 Å². The summed E-state index contributed by atoms with van der Waals surface area (Å²) in [6.45, 7) is 6.49. The predicted octanol–water partition coefficient (Wildman–Crippen LogP) is 4.04. The molecule has 9 nitrogen and oxygen atoms in total. The summed E-state index contributed by atoms with van der Waals surface area (Å²) in [5.74, 6) is 1.33. The van der Waals surface area contributed by atoms with Crippen LogP contribution in [0, 0.1) is 0 Å². The normalized spacial score (nSPS) is 17.4. The molecule has 2 fully saturated rings. The predicted molar refractivity (Wildman–Crippen MR) is 139 cm³/mol. The van der Waals surface area contributed by atoms with Crippen LogP contribution in [0.4, 0.5) is 10.9 Å². The summed E-state index contributed by atoms with van der Waals surface area (Å²) in [6.07, 6.45) is 12.1. The lowest BCUT2D eigenvalue weighted by atomic mass is 10.1. The number of nitrogens with one attached hydrogen (secondary N) is 2. The number of fused-ring (bicyclic) bond motifs is 1. The van der Waals surface area contributed by atoms with Crippen LogP contribution in [0.3, 0.4) is 0 Å². The summed E-state index contributed by atoms with van der Waals surface area (Å²) in [7, 11) is 0. The molecule has 0 spiro atoms. The van der Waals surface area contributed by atoms with Gasteiger partial charge in [0, 0.05) is 62.2 Å². The van der Waals surface area contributed by atoms with Gasteiger partial charge in [-0.05, 0) is 44.0 Å². The maximum Gasteiger partial charge on any atom is 0.211 e.